The van der Waals surface area contributed by atoms with Crippen molar-refractivity contribution in [3.63, 3.8) is 0 Å². The summed E-state index contributed by atoms with van der Waals surface area (Å²) in [6.07, 6.45) is 8.78. The van der Waals surface area contributed by atoms with Crippen LogP contribution in [0.3, 0.4) is 0 Å². The Kier molecular flexibility index (Phi) is 4.68. The normalized spacial score (nSPS) is 34.4. The first kappa shape index (κ1) is 18.2. The van der Waals surface area contributed by atoms with Crippen LogP contribution in [0, 0.1) is 18.8 Å². The fourth-order valence-corrected chi connectivity index (χ4v) is 5.99. The molecule has 5 atom stereocenters. The van der Waals surface area contributed by atoms with E-state index in [0.29, 0.717) is 17.9 Å². The molecule has 0 bridgehead atoms. The highest BCUT2D eigenvalue weighted by atomic mass is 16.2. The minimum absolute atomic E-state index is 0.0808. The Morgan fingerprint density at radius 2 is 1.61 bits per heavy atom. The average Bonchev–Trinajstić information content (AvgIpc) is 3.14. The molecule has 0 N–H and O–H groups in total. The second-order valence-corrected chi connectivity index (χ2v) is 9.50. The molecule has 28 heavy (non-hydrogen) atoms. The van der Waals surface area contributed by atoms with Crippen LogP contribution in [0.15, 0.2) is 24.3 Å². The SMILES string of the molecule is Cc1ccc([C@@H]2C[C@H]2C(=O)N2[C@H](C(=O)N3CCCC3)C[C@@H]3CCCC[C@@H]32)cc1. The van der Waals surface area contributed by atoms with Gasteiger partial charge in [0.2, 0.25) is 11.8 Å². The lowest BCUT2D eigenvalue weighted by Gasteiger charge is -2.35. The lowest BCUT2D eigenvalue weighted by atomic mass is 9.84. The van der Waals surface area contributed by atoms with Crippen LogP contribution in [-0.2, 0) is 9.59 Å². The number of fused-ring (bicyclic) bond motifs is 1. The van der Waals surface area contributed by atoms with E-state index in [1.165, 1.54) is 30.4 Å². The zero-order valence-corrected chi connectivity index (χ0v) is 17.0. The summed E-state index contributed by atoms with van der Waals surface area (Å²) >= 11 is 0. The number of aryl methyl sites for hydroxylation is 1. The van der Waals surface area contributed by atoms with Gasteiger partial charge in [0.05, 0.1) is 0 Å². The van der Waals surface area contributed by atoms with Crippen LogP contribution < -0.4 is 0 Å². The van der Waals surface area contributed by atoms with Crippen molar-refractivity contribution in [2.75, 3.05) is 13.1 Å². The van der Waals surface area contributed by atoms with Gasteiger partial charge in [0, 0.05) is 25.0 Å². The molecule has 0 unspecified atom stereocenters. The van der Waals surface area contributed by atoms with Crippen molar-refractivity contribution in [2.45, 2.75) is 76.3 Å². The van der Waals surface area contributed by atoms with Crippen molar-refractivity contribution >= 4 is 11.8 Å². The van der Waals surface area contributed by atoms with E-state index >= 15 is 0 Å². The number of carbonyl (C=O) groups is 2. The van der Waals surface area contributed by atoms with Gasteiger partial charge in [0.1, 0.15) is 6.04 Å². The third-order valence-corrected chi connectivity index (χ3v) is 7.66. The molecule has 4 nitrogen and oxygen atoms in total. The number of likely N-dealkylation sites (tertiary alicyclic amines) is 2. The Labute approximate surface area is 168 Å². The number of carbonyl (C=O) groups excluding carboxylic acids is 2. The summed E-state index contributed by atoms with van der Waals surface area (Å²) in [6.45, 7) is 3.85. The van der Waals surface area contributed by atoms with Crippen molar-refractivity contribution in [3.05, 3.63) is 35.4 Å². The Balaban J connectivity index is 1.36. The maximum atomic E-state index is 13.6. The quantitative estimate of drug-likeness (QED) is 0.798. The Hall–Kier alpha value is -1.84. The van der Waals surface area contributed by atoms with E-state index in [4.69, 9.17) is 0 Å². The Morgan fingerprint density at radius 1 is 0.893 bits per heavy atom. The molecule has 4 heteroatoms. The molecule has 0 aromatic heterocycles. The molecule has 2 saturated carbocycles. The second kappa shape index (κ2) is 7.20. The molecule has 0 radical (unpaired) electrons. The van der Waals surface area contributed by atoms with E-state index in [-0.39, 0.29) is 23.8 Å². The average molecular weight is 381 g/mol. The third-order valence-electron chi connectivity index (χ3n) is 7.66. The molecule has 1 aromatic rings. The molecule has 0 spiro atoms. The first-order valence-electron chi connectivity index (χ1n) is 11.3. The van der Waals surface area contributed by atoms with Gasteiger partial charge in [0.25, 0.3) is 0 Å². The molecule has 2 aliphatic heterocycles. The monoisotopic (exact) mass is 380 g/mol. The van der Waals surface area contributed by atoms with Crippen molar-refractivity contribution in [1.29, 1.82) is 0 Å². The summed E-state index contributed by atoms with van der Waals surface area (Å²) in [6, 6.07) is 8.74. The maximum Gasteiger partial charge on any atom is 0.245 e. The van der Waals surface area contributed by atoms with Crippen molar-refractivity contribution in [3.8, 4) is 0 Å². The third kappa shape index (κ3) is 3.15. The molecule has 2 aliphatic carbocycles. The highest BCUT2D eigenvalue weighted by molar-refractivity contribution is 5.91. The minimum atomic E-state index is -0.196. The zero-order valence-electron chi connectivity index (χ0n) is 17.0. The molecule has 2 heterocycles. The van der Waals surface area contributed by atoms with E-state index in [9.17, 15) is 9.59 Å². The van der Waals surface area contributed by atoms with Crippen molar-refractivity contribution in [2.24, 2.45) is 11.8 Å². The number of rotatable bonds is 3. The van der Waals surface area contributed by atoms with Crippen LogP contribution >= 0.6 is 0 Å². The van der Waals surface area contributed by atoms with Gasteiger partial charge in [-0.2, -0.15) is 0 Å². The van der Waals surface area contributed by atoms with Gasteiger partial charge in [-0.05, 0) is 62.8 Å². The van der Waals surface area contributed by atoms with Gasteiger partial charge in [-0.25, -0.2) is 0 Å². The van der Waals surface area contributed by atoms with Gasteiger partial charge in [0.15, 0.2) is 0 Å². The van der Waals surface area contributed by atoms with Crippen LogP contribution in [0.25, 0.3) is 0 Å². The summed E-state index contributed by atoms with van der Waals surface area (Å²) in [5, 5.41) is 0. The molecule has 1 aromatic carbocycles. The van der Waals surface area contributed by atoms with Gasteiger partial charge in [-0.15, -0.1) is 0 Å². The first-order valence-corrected chi connectivity index (χ1v) is 11.3. The highest BCUT2D eigenvalue weighted by Crippen LogP contribution is 2.51. The smallest absolute Gasteiger partial charge is 0.245 e. The largest absolute Gasteiger partial charge is 0.341 e. The Morgan fingerprint density at radius 3 is 2.36 bits per heavy atom. The second-order valence-electron chi connectivity index (χ2n) is 9.50. The van der Waals surface area contributed by atoms with Crippen LogP contribution in [-0.4, -0.2) is 46.8 Å². The summed E-state index contributed by atoms with van der Waals surface area (Å²) in [4.78, 5) is 31.0. The predicted octanol–water partition coefficient (Wildman–Crippen LogP) is 3.88. The van der Waals surface area contributed by atoms with Gasteiger partial charge >= 0.3 is 0 Å². The van der Waals surface area contributed by atoms with Crippen LogP contribution in [0.2, 0.25) is 0 Å². The number of amides is 2. The molecular weight excluding hydrogens is 348 g/mol. The topological polar surface area (TPSA) is 40.6 Å². The van der Waals surface area contributed by atoms with Crippen LogP contribution in [0.4, 0.5) is 0 Å². The van der Waals surface area contributed by atoms with E-state index < -0.39 is 0 Å². The zero-order chi connectivity index (χ0) is 19.3. The highest BCUT2D eigenvalue weighted by Gasteiger charge is 2.54. The maximum absolute atomic E-state index is 13.6. The van der Waals surface area contributed by atoms with Crippen LogP contribution in [0.1, 0.15) is 68.4 Å². The fraction of sp³-hybridized carbons (Fsp3) is 0.667. The van der Waals surface area contributed by atoms with Gasteiger partial charge < -0.3 is 9.80 Å². The van der Waals surface area contributed by atoms with E-state index in [1.807, 2.05) is 4.90 Å². The van der Waals surface area contributed by atoms with Gasteiger partial charge in [-0.1, -0.05) is 42.7 Å². The van der Waals surface area contributed by atoms with E-state index in [1.54, 1.807) is 0 Å². The molecule has 4 fully saturated rings. The summed E-state index contributed by atoms with van der Waals surface area (Å²) in [7, 11) is 0. The molecule has 2 amide bonds. The Bertz CT molecular complexity index is 752. The molecular formula is C24H32N2O2. The predicted molar refractivity (Wildman–Crippen MR) is 109 cm³/mol. The van der Waals surface area contributed by atoms with E-state index in [0.717, 1.165) is 45.2 Å². The lowest BCUT2D eigenvalue weighted by molar-refractivity contribution is -0.146. The minimum Gasteiger partial charge on any atom is -0.341 e. The number of benzene rings is 1. The summed E-state index contributed by atoms with van der Waals surface area (Å²) in [5.41, 5.74) is 2.54. The lowest BCUT2D eigenvalue weighted by Crippen LogP contribution is -2.50. The van der Waals surface area contributed by atoms with Crippen LogP contribution in [0.5, 0.6) is 0 Å². The molecule has 5 rings (SSSR count). The van der Waals surface area contributed by atoms with Crippen molar-refractivity contribution in [1.82, 2.24) is 9.80 Å². The first-order chi connectivity index (χ1) is 13.6. The number of hydrogen-bond donors (Lipinski definition) is 0. The van der Waals surface area contributed by atoms with Gasteiger partial charge in [-0.3, -0.25) is 9.59 Å². The summed E-state index contributed by atoms with van der Waals surface area (Å²) in [5.74, 6) is 1.45. The molecule has 4 aliphatic rings. The summed E-state index contributed by atoms with van der Waals surface area (Å²) < 4.78 is 0. The number of hydrogen-bond acceptors (Lipinski definition) is 2. The molecule has 150 valence electrons. The van der Waals surface area contributed by atoms with Crippen molar-refractivity contribution < 1.29 is 9.59 Å². The number of nitrogens with zero attached hydrogens (tertiary/aromatic N) is 2. The van der Waals surface area contributed by atoms with E-state index in [2.05, 4.69) is 36.1 Å². The molecule has 2 saturated heterocycles. The fourth-order valence-electron chi connectivity index (χ4n) is 5.99. The standard InChI is InChI=1S/C24H32N2O2/c1-16-8-10-17(11-9-16)19-15-20(19)23(27)26-21-7-3-2-6-18(21)14-22(26)24(28)25-12-4-5-13-25/h8-11,18-22H,2-7,12-15H2,1H3/t18-,19-,20+,21-,22-/m0/s1.